The Labute approximate surface area is 114 Å². The highest BCUT2D eigenvalue weighted by atomic mass is 79.9. The molecule has 0 bridgehead atoms. The highest BCUT2D eigenvalue weighted by molar-refractivity contribution is 9.10. The van der Waals surface area contributed by atoms with Gasteiger partial charge in [0.15, 0.2) is 0 Å². The summed E-state index contributed by atoms with van der Waals surface area (Å²) in [7, 11) is 1.96. The number of anilines is 1. The van der Waals surface area contributed by atoms with Crippen LogP contribution in [0.2, 0.25) is 0 Å². The summed E-state index contributed by atoms with van der Waals surface area (Å²) in [6.45, 7) is 0.663. The van der Waals surface area contributed by atoms with Gasteiger partial charge in [0.1, 0.15) is 5.82 Å². The van der Waals surface area contributed by atoms with Crippen molar-refractivity contribution < 1.29 is 5.11 Å². The van der Waals surface area contributed by atoms with E-state index in [1.165, 1.54) is 5.56 Å². The maximum atomic E-state index is 8.92. The summed E-state index contributed by atoms with van der Waals surface area (Å²) >= 11 is 3.52. The fourth-order valence-corrected chi connectivity index (χ4v) is 2.00. The number of aliphatic hydroxyl groups excluding tert-OH is 1. The first kappa shape index (κ1) is 13.0. The second kappa shape index (κ2) is 5.93. The number of benzene rings is 1. The van der Waals surface area contributed by atoms with Gasteiger partial charge in [0.2, 0.25) is 0 Å². The van der Waals surface area contributed by atoms with E-state index in [0.717, 1.165) is 16.8 Å². The van der Waals surface area contributed by atoms with E-state index in [2.05, 4.69) is 32.0 Å². The summed E-state index contributed by atoms with van der Waals surface area (Å²) in [5.41, 5.74) is 1.76. The minimum absolute atomic E-state index is 0.0821. The van der Waals surface area contributed by atoms with E-state index >= 15 is 0 Å². The number of rotatable bonds is 4. The highest BCUT2D eigenvalue weighted by Crippen LogP contribution is 2.19. The lowest BCUT2D eigenvalue weighted by Crippen LogP contribution is -2.18. The fourth-order valence-electron chi connectivity index (χ4n) is 1.59. The number of hydrogen-bond donors (Lipinski definition) is 1. The van der Waals surface area contributed by atoms with Gasteiger partial charge in [-0.05, 0) is 11.6 Å². The lowest BCUT2D eigenvalue weighted by atomic mass is 10.2. The molecule has 0 spiro atoms. The molecule has 94 valence electrons. The second-order valence-electron chi connectivity index (χ2n) is 3.97. The fraction of sp³-hybridized carbons (Fsp3) is 0.231. The van der Waals surface area contributed by atoms with Crippen LogP contribution in [0.25, 0.3) is 0 Å². The summed E-state index contributed by atoms with van der Waals surface area (Å²) in [6, 6.07) is 8.08. The predicted octanol–water partition coefficient (Wildman–Crippen LogP) is 2.37. The third-order valence-corrected chi connectivity index (χ3v) is 3.38. The SMILES string of the molecule is CN(Cc1ccccc1Br)c1cnc(CO)cn1. The summed E-state index contributed by atoms with van der Waals surface area (Å²) in [4.78, 5) is 10.4. The van der Waals surface area contributed by atoms with Gasteiger partial charge in [-0.15, -0.1) is 0 Å². The monoisotopic (exact) mass is 307 g/mol. The average Bonchev–Trinajstić information content (AvgIpc) is 2.41. The Bertz CT molecular complexity index is 516. The molecule has 4 nitrogen and oxygen atoms in total. The van der Waals surface area contributed by atoms with Gasteiger partial charge in [-0.1, -0.05) is 34.1 Å². The topological polar surface area (TPSA) is 49.2 Å². The first-order valence-corrected chi connectivity index (χ1v) is 6.36. The van der Waals surface area contributed by atoms with Gasteiger partial charge in [-0.3, -0.25) is 4.98 Å². The van der Waals surface area contributed by atoms with Crippen molar-refractivity contribution in [2.24, 2.45) is 0 Å². The zero-order valence-corrected chi connectivity index (χ0v) is 11.6. The number of halogens is 1. The van der Waals surface area contributed by atoms with Crippen molar-refractivity contribution in [3.8, 4) is 0 Å². The molecular weight excluding hydrogens is 294 g/mol. The van der Waals surface area contributed by atoms with Crippen LogP contribution in [0.3, 0.4) is 0 Å². The van der Waals surface area contributed by atoms with Crippen LogP contribution in [0.15, 0.2) is 41.1 Å². The molecule has 1 aromatic carbocycles. The summed E-state index contributed by atoms with van der Waals surface area (Å²) < 4.78 is 1.08. The Kier molecular flexibility index (Phi) is 4.28. The Morgan fingerprint density at radius 3 is 2.61 bits per heavy atom. The van der Waals surface area contributed by atoms with Crippen molar-refractivity contribution in [2.45, 2.75) is 13.2 Å². The molecule has 0 saturated carbocycles. The molecule has 1 aromatic heterocycles. The molecule has 2 aromatic rings. The van der Waals surface area contributed by atoms with Crippen LogP contribution >= 0.6 is 15.9 Å². The van der Waals surface area contributed by atoms with E-state index in [9.17, 15) is 0 Å². The number of nitrogens with zero attached hydrogens (tertiary/aromatic N) is 3. The lowest BCUT2D eigenvalue weighted by Gasteiger charge is -2.18. The highest BCUT2D eigenvalue weighted by Gasteiger charge is 2.06. The van der Waals surface area contributed by atoms with Gasteiger partial charge in [-0.25, -0.2) is 4.98 Å². The van der Waals surface area contributed by atoms with Gasteiger partial charge in [0.25, 0.3) is 0 Å². The maximum absolute atomic E-state index is 8.92. The minimum atomic E-state index is -0.0821. The van der Waals surface area contributed by atoms with Crippen LogP contribution in [0, 0.1) is 0 Å². The van der Waals surface area contributed by atoms with Crippen LogP contribution in [0.1, 0.15) is 11.3 Å². The quantitative estimate of drug-likeness (QED) is 0.942. The van der Waals surface area contributed by atoms with E-state index in [1.54, 1.807) is 12.4 Å². The lowest BCUT2D eigenvalue weighted by molar-refractivity contribution is 0.276. The van der Waals surface area contributed by atoms with Crippen molar-refractivity contribution in [3.63, 3.8) is 0 Å². The Balaban J connectivity index is 2.11. The molecular formula is C13H14BrN3O. The van der Waals surface area contributed by atoms with Gasteiger partial charge in [0.05, 0.1) is 24.7 Å². The molecule has 0 amide bonds. The summed E-state index contributed by atoms with van der Waals surface area (Å²) in [5.74, 6) is 0.781. The smallest absolute Gasteiger partial charge is 0.147 e. The first-order valence-electron chi connectivity index (χ1n) is 5.57. The Morgan fingerprint density at radius 1 is 1.22 bits per heavy atom. The molecule has 0 radical (unpaired) electrons. The average molecular weight is 308 g/mol. The zero-order chi connectivity index (χ0) is 13.0. The molecule has 0 saturated heterocycles. The van der Waals surface area contributed by atoms with E-state index in [1.807, 2.05) is 30.1 Å². The third kappa shape index (κ3) is 3.05. The number of aromatic nitrogens is 2. The van der Waals surface area contributed by atoms with E-state index in [0.29, 0.717) is 5.69 Å². The molecule has 1 heterocycles. The summed E-state index contributed by atoms with van der Waals surface area (Å²) in [5, 5.41) is 8.92. The Hall–Kier alpha value is -1.46. The number of hydrogen-bond acceptors (Lipinski definition) is 4. The molecule has 0 aliphatic carbocycles. The largest absolute Gasteiger partial charge is 0.390 e. The van der Waals surface area contributed by atoms with Gasteiger partial charge in [0, 0.05) is 18.1 Å². The van der Waals surface area contributed by atoms with E-state index in [-0.39, 0.29) is 6.61 Å². The van der Waals surface area contributed by atoms with Crippen LogP contribution in [-0.4, -0.2) is 22.1 Å². The maximum Gasteiger partial charge on any atom is 0.147 e. The van der Waals surface area contributed by atoms with E-state index in [4.69, 9.17) is 5.11 Å². The van der Waals surface area contributed by atoms with Gasteiger partial charge < -0.3 is 10.0 Å². The molecule has 0 fully saturated rings. The number of aliphatic hydroxyl groups is 1. The van der Waals surface area contributed by atoms with Crippen LogP contribution in [-0.2, 0) is 13.2 Å². The van der Waals surface area contributed by atoms with Crippen molar-refractivity contribution in [1.82, 2.24) is 9.97 Å². The zero-order valence-electron chi connectivity index (χ0n) is 10.0. The van der Waals surface area contributed by atoms with Gasteiger partial charge in [-0.2, -0.15) is 0 Å². The van der Waals surface area contributed by atoms with Crippen molar-refractivity contribution in [2.75, 3.05) is 11.9 Å². The molecule has 0 unspecified atom stereocenters. The molecule has 1 N–H and O–H groups in total. The minimum Gasteiger partial charge on any atom is -0.390 e. The Morgan fingerprint density at radius 2 is 2.00 bits per heavy atom. The molecule has 2 rings (SSSR count). The van der Waals surface area contributed by atoms with Crippen LogP contribution in [0.5, 0.6) is 0 Å². The molecule has 0 aliphatic heterocycles. The second-order valence-corrected chi connectivity index (χ2v) is 4.83. The summed E-state index contributed by atoms with van der Waals surface area (Å²) in [6.07, 6.45) is 3.26. The predicted molar refractivity (Wildman–Crippen MR) is 74.2 cm³/mol. The van der Waals surface area contributed by atoms with Crippen molar-refractivity contribution in [3.05, 3.63) is 52.4 Å². The standard InChI is InChI=1S/C13H14BrN3O/c1-17(8-10-4-2-3-5-12(10)14)13-7-15-11(9-18)6-16-13/h2-7,18H,8-9H2,1H3. The molecule has 18 heavy (non-hydrogen) atoms. The molecule has 5 heteroatoms. The van der Waals surface area contributed by atoms with Crippen molar-refractivity contribution >= 4 is 21.7 Å². The van der Waals surface area contributed by atoms with E-state index < -0.39 is 0 Å². The molecule has 0 aliphatic rings. The normalized spacial score (nSPS) is 10.4. The van der Waals surface area contributed by atoms with Gasteiger partial charge >= 0.3 is 0 Å². The van der Waals surface area contributed by atoms with Crippen LogP contribution < -0.4 is 4.90 Å². The first-order chi connectivity index (χ1) is 8.70. The molecule has 0 atom stereocenters. The van der Waals surface area contributed by atoms with Crippen LogP contribution in [0.4, 0.5) is 5.82 Å². The van der Waals surface area contributed by atoms with Crippen molar-refractivity contribution in [1.29, 1.82) is 0 Å². The third-order valence-electron chi connectivity index (χ3n) is 2.61.